The van der Waals surface area contributed by atoms with Crippen LogP contribution in [0.5, 0.6) is 0 Å². The second-order valence-electron chi connectivity index (χ2n) is 7.82. The minimum atomic E-state index is -1.10. The summed E-state index contributed by atoms with van der Waals surface area (Å²) in [5.41, 5.74) is 0.0561. The van der Waals surface area contributed by atoms with Crippen LogP contribution in [0.2, 0.25) is 0 Å². The molecule has 1 rings (SSSR count). The summed E-state index contributed by atoms with van der Waals surface area (Å²) in [4.78, 5) is 28.0. The summed E-state index contributed by atoms with van der Waals surface area (Å²) in [6, 6.07) is 0.00750. The molecule has 0 aromatic heterocycles. The number of nitrogens with zero attached hydrogens (tertiary/aromatic N) is 2. The maximum absolute atomic E-state index is 10.3. The summed E-state index contributed by atoms with van der Waals surface area (Å²) < 4.78 is 0. The van der Waals surface area contributed by atoms with Gasteiger partial charge in [0.15, 0.2) is 6.29 Å². The molecule has 0 aliphatic heterocycles. The van der Waals surface area contributed by atoms with E-state index in [1.165, 1.54) is 0 Å². The molecule has 0 radical (unpaired) electrons. The van der Waals surface area contributed by atoms with Crippen molar-refractivity contribution in [3.05, 3.63) is 0 Å². The first-order valence-electron chi connectivity index (χ1n) is 8.65. The van der Waals surface area contributed by atoms with Gasteiger partial charge in [-0.3, -0.25) is 0 Å². The fraction of sp³-hybridized carbons (Fsp3) is 0.889. The molecule has 1 saturated carbocycles. The van der Waals surface area contributed by atoms with Crippen molar-refractivity contribution in [1.82, 2.24) is 0 Å². The summed E-state index contributed by atoms with van der Waals surface area (Å²) >= 11 is 0. The average Bonchev–Trinajstić information content (AvgIpc) is 2.44. The van der Waals surface area contributed by atoms with Gasteiger partial charge < -0.3 is 10.2 Å². The number of carbonyl (C=O) groups excluding carboxylic acids is 2. The average molecular weight is 340 g/mol. The topological polar surface area (TPSA) is 99.3 Å². The molecule has 0 aromatic rings. The molecular weight excluding hydrogens is 308 g/mol. The molecule has 0 spiro atoms. The van der Waals surface area contributed by atoms with Gasteiger partial charge in [0.05, 0.1) is 12.6 Å². The van der Waals surface area contributed by atoms with Crippen LogP contribution in [0.4, 0.5) is 0 Å². The van der Waals surface area contributed by atoms with E-state index >= 15 is 0 Å². The lowest BCUT2D eigenvalue weighted by Crippen LogP contribution is -2.39. The molecule has 0 heterocycles. The van der Waals surface area contributed by atoms with Gasteiger partial charge in [0.2, 0.25) is 12.2 Å². The van der Waals surface area contributed by atoms with E-state index in [0.29, 0.717) is 13.0 Å². The zero-order valence-electron chi connectivity index (χ0n) is 15.4. The number of hydrogen-bond acceptors (Lipinski definition) is 6. The van der Waals surface area contributed by atoms with Crippen LogP contribution in [0.1, 0.15) is 72.6 Å². The standard InChI is InChI=1S/C12H18N2O2.C6H14O2/c1-11(2)4-10(14-9-16)5-12(3,6-11)7-13-8-15;1-2-3-4-5-6(7)8/h10H,4-7H2,1-3H3;6-8H,2-5H2,1H3. The van der Waals surface area contributed by atoms with Crippen molar-refractivity contribution in [2.45, 2.75) is 85.0 Å². The van der Waals surface area contributed by atoms with Crippen LogP contribution in [0.3, 0.4) is 0 Å². The quantitative estimate of drug-likeness (QED) is 0.322. The molecule has 0 bridgehead atoms. The number of aliphatic hydroxyl groups is 2. The molecule has 0 saturated heterocycles. The van der Waals surface area contributed by atoms with E-state index in [1.807, 2.05) is 0 Å². The van der Waals surface area contributed by atoms with Crippen LogP contribution >= 0.6 is 0 Å². The van der Waals surface area contributed by atoms with E-state index in [1.54, 1.807) is 12.2 Å². The largest absolute Gasteiger partial charge is 0.368 e. The summed E-state index contributed by atoms with van der Waals surface area (Å²) in [5.74, 6) is 0. The van der Waals surface area contributed by atoms with Gasteiger partial charge in [0.25, 0.3) is 0 Å². The Labute approximate surface area is 145 Å². The summed E-state index contributed by atoms with van der Waals surface area (Å²) in [6.45, 7) is 8.95. The van der Waals surface area contributed by atoms with Crippen molar-refractivity contribution < 1.29 is 19.8 Å². The lowest BCUT2D eigenvalue weighted by atomic mass is 9.63. The molecule has 0 aromatic carbocycles. The van der Waals surface area contributed by atoms with Crippen LogP contribution in [-0.2, 0) is 9.59 Å². The van der Waals surface area contributed by atoms with Gasteiger partial charge in [0, 0.05) is 0 Å². The predicted octanol–water partition coefficient (Wildman–Crippen LogP) is 3.12. The van der Waals surface area contributed by atoms with E-state index in [4.69, 9.17) is 10.2 Å². The molecule has 24 heavy (non-hydrogen) atoms. The Morgan fingerprint density at radius 1 is 1.12 bits per heavy atom. The molecule has 0 amide bonds. The van der Waals surface area contributed by atoms with Crippen molar-refractivity contribution in [1.29, 1.82) is 0 Å². The highest BCUT2D eigenvalue weighted by Gasteiger charge is 2.41. The van der Waals surface area contributed by atoms with Gasteiger partial charge in [-0.1, -0.05) is 40.5 Å². The number of aliphatic imine (C=N–C) groups is 2. The van der Waals surface area contributed by atoms with Gasteiger partial charge in [-0.2, -0.15) is 0 Å². The molecule has 2 atom stereocenters. The van der Waals surface area contributed by atoms with Crippen LogP contribution in [0.15, 0.2) is 9.98 Å². The second-order valence-corrected chi connectivity index (χ2v) is 7.82. The van der Waals surface area contributed by atoms with E-state index in [0.717, 1.165) is 38.5 Å². The molecular formula is C18H32N2O4. The molecule has 2 N–H and O–H groups in total. The van der Waals surface area contributed by atoms with E-state index in [2.05, 4.69) is 37.7 Å². The van der Waals surface area contributed by atoms with Crippen LogP contribution in [-0.4, -0.2) is 41.2 Å². The number of unbranched alkanes of at least 4 members (excludes halogenated alkanes) is 2. The smallest absolute Gasteiger partial charge is 0.235 e. The van der Waals surface area contributed by atoms with Crippen LogP contribution < -0.4 is 0 Å². The normalized spacial score (nSPS) is 25.0. The third kappa shape index (κ3) is 10.5. The maximum Gasteiger partial charge on any atom is 0.235 e. The first-order valence-corrected chi connectivity index (χ1v) is 8.65. The fourth-order valence-electron chi connectivity index (χ4n) is 3.66. The molecule has 1 aliphatic rings. The summed E-state index contributed by atoms with van der Waals surface area (Å²) in [5, 5.41) is 16.7. The molecule has 2 unspecified atom stereocenters. The number of rotatable bonds is 7. The highest BCUT2D eigenvalue weighted by Crippen LogP contribution is 2.47. The van der Waals surface area contributed by atoms with Crippen LogP contribution in [0.25, 0.3) is 0 Å². The Bertz CT molecular complexity index is 452. The van der Waals surface area contributed by atoms with Crippen molar-refractivity contribution in [2.24, 2.45) is 20.8 Å². The first-order chi connectivity index (χ1) is 11.2. The lowest BCUT2D eigenvalue weighted by Gasteiger charge is -2.44. The van der Waals surface area contributed by atoms with Gasteiger partial charge in [-0.25, -0.2) is 19.6 Å². The zero-order valence-corrected chi connectivity index (χ0v) is 15.4. The van der Waals surface area contributed by atoms with Gasteiger partial charge in [-0.15, -0.1) is 0 Å². The lowest BCUT2D eigenvalue weighted by molar-refractivity contribution is -0.0465. The predicted molar refractivity (Wildman–Crippen MR) is 93.0 cm³/mol. The number of isocyanates is 2. The van der Waals surface area contributed by atoms with Gasteiger partial charge >= 0.3 is 0 Å². The Hall–Kier alpha value is -1.32. The van der Waals surface area contributed by atoms with Crippen molar-refractivity contribution >= 4 is 12.2 Å². The highest BCUT2D eigenvalue weighted by molar-refractivity contribution is 5.34. The van der Waals surface area contributed by atoms with Crippen molar-refractivity contribution in [3.8, 4) is 0 Å². The van der Waals surface area contributed by atoms with Crippen molar-refractivity contribution in [2.75, 3.05) is 6.54 Å². The molecule has 6 nitrogen and oxygen atoms in total. The highest BCUT2D eigenvalue weighted by atomic mass is 16.5. The molecule has 1 aliphatic carbocycles. The van der Waals surface area contributed by atoms with E-state index in [-0.39, 0.29) is 16.9 Å². The Kier molecular flexibility index (Phi) is 10.7. The second kappa shape index (κ2) is 11.3. The Morgan fingerprint density at radius 3 is 2.29 bits per heavy atom. The third-order valence-corrected chi connectivity index (χ3v) is 4.25. The Balaban J connectivity index is 0.000000561. The van der Waals surface area contributed by atoms with Crippen LogP contribution in [0, 0.1) is 10.8 Å². The minimum Gasteiger partial charge on any atom is -0.368 e. The molecule has 1 fully saturated rings. The van der Waals surface area contributed by atoms with Gasteiger partial charge in [0.1, 0.15) is 0 Å². The maximum atomic E-state index is 10.3. The van der Waals surface area contributed by atoms with Crippen molar-refractivity contribution in [3.63, 3.8) is 0 Å². The monoisotopic (exact) mass is 340 g/mol. The fourth-order valence-corrected chi connectivity index (χ4v) is 3.66. The SMILES string of the molecule is CC1(C)CC(N=C=O)CC(C)(CN=C=O)C1.CCCCCC(O)O. The third-order valence-electron chi connectivity index (χ3n) is 4.25. The number of aliphatic hydroxyl groups excluding tert-OH is 1. The number of hydrogen-bond donors (Lipinski definition) is 2. The summed E-state index contributed by atoms with van der Waals surface area (Å²) in [7, 11) is 0. The van der Waals surface area contributed by atoms with E-state index < -0.39 is 6.29 Å². The first kappa shape index (κ1) is 22.7. The summed E-state index contributed by atoms with van der Waals surface area (Å²) in [6.07, 6.45) is 8.46. The molecule has 6 heteroatoms. The zero-order chi connectivity index (χ0) is 18.6. The van der Waals surface area contributed by atoms with Gasteiger partial charge in [-0.05, 0) is 42.9 Å². The van der Waals surface area contributed by atoms with E-state index in [9.17, 15) is 9.59 Å². The molecule has 138 valence electrons. The minimum absolute atomic E-state index is 0.00750. The Morgan fingerprint density at radius 2 is 1.79 bits per heavy atom.